The van der Waals surface area contributed by atoms with Crippen LogP contribution in [-0.2, 0) is 4.74 Å². The van der Waals surface area contributed by atoms with E-state index in [9.17, 15) is 5.11 Å². The molecule has 1 heterocycles. The van der Waals surface area contributed by atoms with Crippen molar-refractivity contribution < 1.29 is 9.84 Å². The van der Waals surface area contributed by atoms with Crippen molar-refractivity contribution in [1.29, 1.82) is 0 Å². The average molecular weight is 283 g/mol. The lowest BCUT2D eigenvalue weighted by Gasteiger charge is -2.55. The zero-order chi connectivity index (χ0) is 14.6. The Labute approximate surface area is 124 Å². The van der Waals surface area contributed by atoms with E-state index >= 15 is 0 Å². The Morgan fingerprint density at radius 2 is 1.90 bits per heavy atom. The van der Waals surface area contributed by atoms with Gasteiger partial charge in [0.05, 0.1) is 6.10 Å². The van der Waals surface area contributed by atoms with E-state index in [0.29, 0.717) is 23.8 Å². The van der Waals surface area contributed by atoms with E-state index in [1.165, 1.54) is 0 Å². The van der Waals surface area contributed by atoms with E-state index in [-0.39, 0.29) is 5.41 Å². The molecule has 110 valence electrons. The molecule has 3 unspecified atom stereocenters. The average Bonchev–Trinajstić information content (AvgIpc) is 2.92. The second kappa shape index (κ2) is 4.38. The molecule has 4 rings (SSSR count). The third-order valence-corrected chi connectivity index (χ3v) is 5.31. The van der Waals surface area contributed by atoms with Crippen LogP contribution in [0.4, 0.5) is 5.69 Å². The van der Waals surface area contributed by atoms with E-state index in [2.05, 4.69) is 31.3 Å². The first-order valence-electron chi connectivity index (χ1n) is 7.68. The highest BCUT2D eigenvalue weighted by molar-refractivity contribution is 5.97. The molecular weight excluding hydrogens is 262 g/mol. The van der Waals surface area contributed by atoms with Crippen LogP contribution in [0.1, 0.15) is 20.3 Å². The van der Waals surface area contributed by atoms with E-state index in [1.54, 1.807) is 6.07 Å². The second-order valence-electron chi connectivity index (χ2n) is 6.87. The second-order valence-corrected chi connectivity index (χ2v) is 6.87. The quantitative estimate of drug-likeness (QED) is 0.881. The summed E-state index contributed by atoms with van der Waals surface area (Å²) < 4.78 is 5.86. The molecule has 0 aromatic heterocycles. The van der Waals surface area contributed by atoms with Crippen LogP contribution in [0.5, 0.6) is 5.75 Å². The number of hydrogen-bond donors (Lipinski definition) is 2. The fourth-order valence-electron chi connectivity index (χ4n) is 4.20. The zero-order valence-corrected chi connectivity index (χ0v) is 12.5. The minimum absolute atomic E-state index is 0.153. The Kier molecular flexibility index (Phi) is 2.70. The summed E-state index contributed by atoms with van der Waals surface area (Å²) in [5, 5.41) is 15.7. The maximum atomic E-state index is 10.0. The number of fused-ring (bicyclic) bond motifs is 2. The van der Waals surface area contributed by atoms with Crippen LogP contribution < -0.4 is 5.32 Å². The van der Waals surface area contributed by atoms with Crippen molar-refractivity contribution in [3.63, 3.8) is 0 Å². The van der Waals surface area contributed by atoms with E-state index in [0.717, 1.165) is 29.5 Å². The minimum Gasteiger partial charge on any atom is -0.507 e. The van der Waals surface area contributed by atoms with Gasteiger partial charge in [-0.05, 0) is 18.6 Å². The molecule has 1 saturated carbocycles. The lowest BCUT2D eigenvalue weighted by atomic mass is 9.57. The van der Waals surface area contributed by atoms with Crippen LogP contribution in [0.25, 0.3) is 10.8 Å². The predicted molar refractivity (Wildman–Crippen MR) is 84.7 cm³/mol. The minimum atomic E-state index is 0.153. The number of phenolic OH excluding ortho intramolecular Hbond substituents is 1. The fraction of sp³-hybridized carbons (Fsp3) is 0.444. The summed E-state index contributed by atoms with van der Waals surface area (Å²) in [7, 11) is 0. The van der Waals surface area contributed by atoms with Crippen molar-refractivity contribution in [1.82, 2.24) is 0 Å². The van der Waals surface area contributed by atoms with E-state index in [4.69, 9.17) is 4.74 Å². The zero-order valence-electron chi connectivity index (χ0n) is 12.5. The van der Waals surface area contributed by atoms with Crippen molar-refractivity contribution in [3.8, 4) is 5.75 Å². The summed E-state index contributed by atoms with van der Waals surface area (Å²) in [6.45, 7) is 5.44. The molecule has 2 fully saturated rings. The maximum absolute atomic E-state index is 10.0. The third kappa shape index (κ3) is 1.77. The standard InChI is InChI=1S/C18H21NO2/c1-18(2)16(13-9-10-21-17(13)18)19-14-7-3-6-12-11(14)5-4-8-15(12)20/h3-8,13,16-17,19-20H,9-10H2,1-2H3. The Balaban J connectivity index is 1.71. The molecule has 1 aliphatic heterocycles. The SMILES string of the molecule is CC1(C)C(Nc2cccc3c(O)cccc23)C2CCOC21. The normalized spacial score (nSPS) is 29.9. The number of hydrogen-bond acceptors (Lipinski definition) is 3. The first-order chi connectivity index (χ1) is 10.1. The molecule has 21 heavy (non-hydrogen) atoms. The molecule has 2 aromatic carbocycles. The summed E-state index contributed by atoms with van der Waals surface area (Å²) in [5.74, 6) is 0.943. The molecule has 0 amide bonds. The van der Waals surface area contributed by atoms with Crippen molar-refractivity contribution in [2.45, 2.75) is 32.4 Å². The van der Waals surface area contributed by atoms with Gasteiger partial charge in [0.25, 0.3) is 0 Å². The lowest BCUT2D eigenvalue weighted by Crippen LogP contribution is -2.63. The summed E-state index contributed by atoms with van der Waals surface area (Å²) in [4.78, 5) is 0. The van der Waals surface area contributed by atoms with Crippen molar-refractivity contribution in [3.05, 3.63) is 36.4 Å². The molecule has 3 atom stereocenters. The highest BCUT2D eigenvalue weighted by Gasteiger charge is 2.59. The van der Waals surface area contributed by atoms with Gasteiger partial charge in [0.2, 0.25) is 0 Å². The number of phenols is 1. The molecule has 3 nitrogen and oxygen atoms in total. The summed E-state index contributed by atoms with van der Waals surface area (Å²) in [6.07, 6.45) is 1.53. The van der Waals surface area contributed by atoms with Gasteiger partial charge < -0.3 is 15.2 Å². The third-order valence-electron chi connectivity index (χ3n) is 5.31. The van der Waals surface area contributed by atoms with Crippen molar-refractivity contribution >= 4 is 16.5 Å². The van der Waals surface area contributed by atoms with Crippen LogP contribution in [0, 0.1) is 11.3 Å². The molecule has 1 saturated heterocycles. The predicted octanol–water partition coefficient (Wildman–Crippen LogP) is 3.77. The number of rotatable bonds is 2. The van der Waals surface area contributed by atoms with Crippen molar-refractivity contribution in [2.75, 3.05) is 11.9 Å². The van der Waals surface area contributed by atoms with Crippen LogP contribution in [0.2, 0.25) is 0 Å². The monoisotopic (exact) mass is 283 g/mol. The molecule has 0 bridgehead atoms. The van der Waals surface area contributed by atoms with E-state index in [1.807, 2.05) is 18.2 Å². The highest BCUT2D eigenvalue weighted by atomic mass is 16.5. The Bertz CT molecular complexity index is 695. The van der Waals surface area contributed by atoms with Crippen molar-refractivity contribution in [2.24, 2.45) is 11.3 Å². The Hall–Kier alpha value is -1.74. The maximum Gasteiger partial charge on any atom is 0.123 e. The van der Waals surface area contributed by atoms with Gasteiger partial charge in [0, 0.05) is 40.4 Å². The van der Waals surface area contributed by atoms with Gasteiger partial charge in [-0.2, -0.15) is 0 Å². The van der Waals surface area contributed by atoms with Crippen LogP contribution in [0.15, 0.2) is 36.4 Å². The summed E-state index contributed by atoms with van der Waals surface area (Å²) in [5.41, 5.74) is 1.26. The lowest BCUT2D eigenvalue weighted by molar-refractivity contribution is -0.0922. The first-order valence-corrected chi connectivity index (χ1v) is 7.68. The molecule has 0 spiro atoms. The molecule has 0 radical (unpaired) electrons. The summed E-state index contributed by atoms with van der Waals surface area (Å²) >= 11 is 0. The largest absolute Gasteiger partial charge is 0.507 e. The molecule has 2 aromatic rings. The van der Waals surface area contributed by atoms with Gasteiger partial charge in [-0.15, -0.1) is 0 Å². The number of ether oxygens (including phenoxy) is 1. The van der Waals surface area contributed by atoms with Gasteiger partial charge in [-0.1, -0.05) is 38.1 Å². The fourth-order valence-corrected chi connectivity index (χ4v) is 4.20. The topological polar surface area (TPSA) is 41.5 Å². The van der Waals surface area contributed by atoms with Gasteiger partial charge >= 0.3 is 0 Å². The smallest absolute Gasteiger partial charge is 0.123 e. The van der Waals surface area contributed by atoms with Crippen LogP contribution in [-0.4, -0.2) is 23.9 Å². The van der Waals surface area contributed by atoms with Gasteiger partial charge in [0.1, 0.15) is 5.75 Å². The molecule has 2 aliphatic rings. The number of nitrogens with one attached hydrogen (secondary N) is 1. The summed E-state index contributed by atoms with van der Waals surface area (Å²) in [6, 6.07) is 12.2. The van der Waals surface area contributed by atoms with Gasteiger partial charge in [0.15, 0.2) is 0 Å². The molecule has 3 heteroatoms. The number of anilines is 1. The highest BCUT2D eigenvalue weighted by Crippen LogP contribution is 2.53. The molecular formula is C18H21NO2. The van der Waals surface area contributed by atoms with Crippen LogP contribution >= 0.6 is 0 Å². The Morgan fingerprint density at radius 3 is 2.76 bits per heavy atom. The molecule has 2 N–H and O–H groups in total. The van der Waals surface area contributed by atoms with Gasteiger partial charge in [-0.25, -0.2) is 0 Å². The molecule has 1 aliphatic carbocycles. The Morgan fingerprint density at radius 1 is 1.14 bits per heavy atom. The van der Waals surface area contributed by atoms with Gasteiger partial charge in [-0.3, -0.25) is 0 Å². The number of benzene rings is 2. The van der Waals surface area contributed by atoms with E-state index < -0.39 is 0 Å². The van der Waals surface area contributed by atoms with Crippen LogP contribution in [0.3, 0.4) is 0 Å². The first kappa shape index (κ1) is 13.0. The number of aromatic hydroxyl groups is 1.